The van der Waals surface area contributed by atoms with Gasteiger partial charge in [0.15, 0.2) is 0 Å². The van der Waals surface area contributed by atoms with E-state index in [2.05, 4.69) is 22.0 Å². The third-order valence-electron chi connectivity index (χ3n) is 4.53. The van der Waals surface area contributed by atoms with Crippen molar-refractivity contribution in [2.45, 2.75) is 31.7 Å². The van der Waals surface area contributed by atoms with E-state index < -0.39 is 5.54 Å². The molecule has 3 N–H and O–H groups in total. The Labute approximate surface area is 110 Å². The molecule has 18 heavy (non-hydrogen) atoms. The molecule has 0 aliphatic carbocycles. The lowest BCUT2D eigenvalue weighted by Crippen LogP contribution is -2.62. The SMILES string of the molecule is CCN1CCC(C(N)=O)(N2CCCNCC2)CC1. The van der Waals surface area contributed by atoms with Gasteiger partial charge in [0.05, 0.1) is 0 Å². The Kier molecular flexibility index (Phi) is 4.59. The molecule has 2 aliphatic heterocycles. The largest absolute Gasteiger partial charge is 0.368 e. The van der Waals surface area contributed by atoms with Gasteiger partial charge in [0, 0.05) is 32.7 Å². The minimum atomic E-state index is -0.391. The normalized spacial score (nSPS) is 26.7. The third-order valence-corrected chi connectivity index (χ3v) is 4.53. The Hall–Kier alpha value is -0.650. The minimum Gasteiger partial charge on any atom is -0.368 e. The summed E-state index contributed by atoms with van der Waals surface area (Å²) in [5, 5.41) is 3.39. The molecular formula is C13H26N4O. The first kappa shape index (κ1) is 13.8. The Morgan fingerprint density at radius 1 is 1.22 bits per heavy atom. The van der Waals surface area contributed by atoms with Gasteiger partial charge in [-0.3, -0.25) is 9.69 Å². The Bertz CT molecular complexity index is 279. The molecule has 5 heteroatoms. The van der Waals surface area contributed by atoms with Crippen LogP contribution >= 0.6 is 0 Å². The molecule has 1 amide bonds. The molecule has 0 unspecified atom stereocenters. The summed E-state index contributed by atoms with van der Waals surface area (Å²) in [6.07, 6.45) is 2.87. The molecular weight excluding hydrogens is 228 g/mol. The molecule has 2 heterocycles. The molecule has 0 aromatic carbocycles. The standard InChI is InChI=1S/C13H26N4O/c1-2-16-9-4-13(5-10-16,12(14)18)17-8-3-6-15-7-11-17/h15H,2-11H2,1H3,(H2,14,18). The summed E-state index contributed by atoms with van der Waals surface area (Å²) in [6.45, 7) is 9.16. The van der Waals surface area contributed by atoms with Crippen LogP contribution in [0.15, 0.2) is 0 Å². The monoisotopic (exact) mass is 254 g/mol. The van der Waals surface area contributed by atoms with E-state index in [-0.39, 0.29) is 5.91 Å². The van der Waals surface area contributed by atoms with Crippen molar-refractivity contribution < 1.29 is 4.79 Å². The maximum Gasteiger partial charge on any atom is 0.238 e. The van der Waals surface area contributed by atoms with Crippen molar-refractivity contribution in [3.8, 4) is 0 Å². The zero-order chi connectivity index (χ0) is 13.0. The Morgan fingerprint density at radius 3 is 2.56 bits per heavy atom. The van der Waals surface area contributed by atoms with Gasteiger partial charge in [-0.15, -0.1) is 0 Å². The molecule has 0 atom stereocenters. The average Bonchev–Trinajstić information content (AvgIpc) is 2.67. The van der Waals surface area contributed by atoms with Crippen LogP contribution in [-0.4, -0.2) is 67.1 Å². The van der Waals surface area contributed by atoms with Crippen molar-refractivity contribution in [1.29, 1.82) is 0 Å². The van der Waals surface area contributed by atoms with Gasteiger partial charge in [-0.25, -0.2) is 0 Å². The maximum atomic E-state index is 12.0. The fourth-order valence-electron chi connectivity index (χ4n) is 3.23. The summed E-state index contributed by atoms with van der Waals surface area (Å²) in [7, 11) is 0. The highest BCUT2D eigenvalue weighted by Gasteiger charge is 2.44. The number of primary amides is 1. The number of nitrogens with two attached hydrogens (primary N) is 1. The first-order valence-electron chi connectivity index (χ1n) is 7.17. The third kappa shape index (κ3) is 2.68. The quantitative estimate of drug-likeness (QED) is 0.721. The molecule has 104 valence electrons. The van der Waals surface area contributed by atoms with E-state index in [0.717, 1.165) is 65.1 Å². The van der Waals surface area contributed by atoms with Crippen LogP contribution in [0.25, 0.3) is 0 Å². The fourth-order valence-corrected chi connectivity index (χ4v) is 3.23. The molecule has 0 spiro atoms. The lowest BCUT2D eigenvalue weighted by molar-refractivity contribution is -0.133. The summed E-state index contributed by atoms with van der Waals surface area (Å²) in [5.74, 6) is -0.125. The maximum absolute atomic E-state index is 12.0. The van der Waals surface area contributed by atoms with Gasteiger partial charge in [0.2, 0.25) is 5.91 Å². The number of rotatable bonds is 3. The second-order valence-corrected chi connectivity index (χ2v) is 5.42. The minimum absolute atomic E-state index is 0.125. The number of hydrogen-bond donors (Lipinski definition) is 2. The van der Waals surface area contributed by atoms with Crippen molar-refractivity contribution in [3.05, 3.63) is 0 Å². The lowest BCUT2D eigenvalue weighted by atomic mass is 9.84. The first-order chi connectivity index (χ1) is 8.69. The van der Waals surface area contributed by atoms with Crippen LogP contribution in [0.5, 0.6) is 0 Å². The van der Waals surface area contributed by atoms with Gasteiger partial charge in [0.25, 0.3) is 0 Å². The van der Waals surface area contributed by atoms with Crippen LogP contribution in [0.4, 0.5) is 0 Å². The number of carbonyl (C=O) groups is 1. The predicted molar refractivity (Wildman–Crippen MR) is 72.3 cm³/mol. The van der Waals surface area contributed by atoms with Crippen molar-refractivity contribution in [1.82, 2.24) is 15.1 Å². The van der Waals surface area contributed by atoms with Crippen molar-refractivity contribution in [2.24, 2.45) is 5.73 Å². The van der Waals surface area contributed by atoms with Gasteiger partial charge in [-0.1, -0.05) is 6.92 Å². The molecule has 2 aliphatic rings. The van der Waals surface area contributed by atoms with E-state index in [0.29, 0.717) is 0 Å². The van der Waals surface area contributed by atoms with Gasteiger partial charge < -0.3 is 16.0 Å². The average molecular weight is 254 g/mol. The Morgan fingerprint density at radius 2 is 1.94 bits per heavy atom. The second kappa shape index (κ2) is 5.99. The van der Waals surface area contributed by atoms with Crippen LogP contribution in [0.1, 0.15) is 26.2 Å². The van der Waals surface area contributed by atoms with Crippen molar-refractivity contribution in [3.63, 3.8) is 0 Å². The number of likely N-dealkylation sites (tertiary alicyclic amines) is 1. The molecule has 0 aromatic rings. The van der Waals surface area contributed by atoms with E-state index in [1.54, 1.807) is 0 Å². The number of carbonyl (C=O) groups excluding carboxylic acids is 1. The highest BCUT2D eigenvalue weighted by atomic mass is 16.1. The van der Waals surface area contributed by atoms with Crippen molar-refractivity contribution in [2.75, 3.05) is 45.8 Å². The lowest BCUT2D eigenvalue weighted by Gasteiger charge is -2.46. The zero-order valence-electron chi connectivity index (χ0n) is 11.5. The molecule has 2 fully saturated rings. The number of piperidine rings is 1. The molecule has 0 aromatic heterocycles. The highest BCUT2D eigenvalue weighted by molar-refractivity contribution is 5.84. The van der Waals surface area contributed by atoms with E-state index in [4.69, 9.17) is 5.73 Å². The number of amides is 1. The van der Waals surface area contributed by atoms with Crippen LogP contribution in [0.2, 0.25) is 0 Å². The highest BCUT2D eigenvalue weighted by Crippen LogP contribution is 2.29. The van der Waals surface area contributed by atoms with Crippen LogP contribution in [0, 0.1) is 0 Å². The van der Waals surface area contributed by atoms with Gasteiger partial charge in [0.1, 0.15) is 5.54 Å². The molecule has 2 saturated heterocycles. The number of hydrogen-bond acceptors (Lipinski definition) is 4. The number of nitrogens with zero attached hydrogens (tertiary/aromatic N) is 2. The van der Waals surface area contributed by atoms with E-state index in [1.807, 2.05) is 0 Å². The fraction of sp³-hybridized carbons (Fsp3) is 0.923. The molecule has 0 bridgehead atoms. The summed E-state index contributed by atoms with van der Waals surface area (Å²) in [4.78, 5) is 16.8. The van der Waals surface area contributed by atoms with Crippen LogP contribution < -0.4 is 11.1 Å². The topological polar surface area (TPSA) is 61.6 Å². The van der Waals surface area contributed by atoms with Crippen molar-refractivity contribution >= 4 is 5.91 Å². The first-order valence-corrected chi connectivity index (χ1v) is 7.17. The smallest absolute Gasteiger partial charge is 0.238 e. The molecule has 0 saturated carbocycles. The van der Waals surface area contributed by atoms with E-state index >= 15 is 0 Å². The summed E-state index contributed by atoms with van der Waals surface area (Å²) >= 11 is 0. The van der Waals surface area contributed by atoms with E-state index in [9.17, 15) is 4.79 Å². The van der Waals surface area contributed by atoms with E-state index in [1.165, 1.54) is 0 Å². The Balaban J connectivity index is 2.09. The van der Waals surface area contributed by atoms with Gasteiger partial charge in [-0.2, -0.15) is 0 Å². The zero-order valence-corrected chi connectivity index (χ0v) is 11.5. The molecule has 5 nitrogen and oxygen atoms in total. The summed E-state index contributed by atoms with van der Waals surface area (Å²) < 4.78 is 0. The van der Waals surface area contributed by atoms with Crippen LogP contribution in [-0.2, 0) is 4.79 Å². The molecule has 2 rings (SSSR count). The second-order valence-electron chi connectivity index (χ2n) is 5.42. The van der Waals surface area contributed by atoms with Gasteiger partial charge in [-0.05, 0) is 32.4 Å². The molecule has 0 radical (unpaired) electrons. The number of nitrogens with one attached hydrogen (secondary N) is 1. The predicted octanol–water partition coefficient (Wildman–Crippen LogP) is -0.378. The van der Waals surface area contributed by atoms with Crippen LogP contribution in [0.3, 0.4) is 0 Å². The summed E-state index contributed by atoms with van der Waals surface area (Å²) in [6, 6.07) is 0. The summed E-state index contributed by atoms with van der Waals surface area (Å²) in [5.41, 5.74) is 5.36. The van der Waals surface area contributed by atoms with Gasteiger partial charge >= 0.3 is 0 Å².